The number of hydrogen-bond donors (Lipinski definition) is 1. The highest BCUT2D eigenvalue weighted by atomic mass is 35.5. The number of hydrogen-bond acceptors (Lipinski definition) is 2. The van der Waals surface area contributed by atoms with Crippen LogP contribution in [-0.2, 0) is 4.79 Å². The Morgan fingerprint density at radius 3 is 2.33 bits per heavy atom. The highest BCUT2D eigenvalue weighted by Crippen LogP contribution is 2.25. The van der Waals surface area contributed by atoms with Crippen LogP contribution < -0.4 is 0 Å². The zero-order valence-electron chi connectivity index (χ0n) is 9.40. The number of carboxylic acid groups (broad SMARTS) is 1. The monoisotopic (exact) mass is 287 g/mol. The largest absolute Gasteiger partial charge is 0.480 e. The van der Waals surface area contributed by atoms with Gasteiger partial charge in [0.1, 0.15) is 6.54 Å². The van der Waals surface area contributed by atoms with Crippen molar-refractivity contribution < 1.29 is 14.7 Å². The first-order chi connectivity index (χ1) is 8.47. The Kier molecular flexibility index (Phi) is 5.19. The molecule has 18 heavy (non-hydrogen) atoms. The van der Waals surface area contributed by atoms with Crippen LogP contribution in [0.3, 0.4) is 0 Å². The molecule has 0 saturated heterocycles. The van der Waals surface area contributed by atoms with E-state index in [9.17, 15) is 9.59 Å². The summed E-state index contributed by atoms with van der Waals surface area (Å²) in [5.41, 5.74) is 0.101. The van der Waals surface area contributed by atoms with Gasteiger partial charge in [-0.05, 0) is 12.1 Å². The van der Waals surface area contributed by atoms with Crippen LogP contribution in [0.1, 0.15) is 10.4 Å². The molecule has 1 N–H and O–H groups in total. The minimum absolute atomic E-state index is 0.101. The van der Waals surface area contributed by atoms with Crippen LogP contribution in [0.5, 0.6) is 0 Å². The van der Waals surface area contributed by atoms with Crippen molar-refractivity contribution in [3.05, 3.63) is 46.5 Å². The summed E-state index contributed by atoms with van der Waals surface area (Å²) in [6.45, 7) is 3.14. The second kappa shape index (κ2) is 6.42. The van der Waals surface area contributed by atoms with Gasteiger partial charge in [0.25, 0.3) is 5.91 Å². The van der Waals surface area contributed by atoms with Crippen LogP contribution in [0.25, 0.3) is 0 Å². The zero-order valence-corrected chi connectivity index (χ0v) is 10.9. The summed E-state index contributed by atoms with van der Waals surface area (Å²) < 4.78 is 0. The molecule has 96 valence electrons. The van der Waals surface area contributed by atoms with Crippen LogP contribution in [0.15, 0.2) is 30.9 Å². The van der Waals surface area contributed by atoms with Crippen molar-refractivity contribution in [1.82, 2.24) is 4.90 Å². The summed E-state index contributed by atoms with van der Waals surface area (Å²) in [6.07, 6.45) is 1.44. The molecule has 0 atom stereocenters. The predicted octanol–water partition coefficient (Wildman–Crippen LogP) is 2.71. The van der Waals surface area contributed by atoms with Gasteiger partial charge in [0.05, 0.1) is 15.6 Å². The van der Waals surface area contributed by atoms with E-state index in [0.29, 0.717) is 0 Å². The van der Waals surface area contributed by atoms with Crippen molar-refractivity contribution in [3.8, 4) is 0 Å². The average molecular weight is 288 g/mol. The number of nitrogens with zero attached hydrogens (tertiary/aromatic N) is 1. The van der Waals surface area contributed by atoms with Gasteiger partial charge < -0.3 is 10.0 Å². The Hall–Kier alpha value is -1.52. The third-order valence-corrected chi connectivity index (χ3v) is 2.77. The lowest BCUT2D eigenvalue weighted by Crippen LogP contribution is -2.36. The Bertz CT molecular complexity index is 468. The number of halogens is 2. The van der Waals surface area contributed by atoms with E-state index in [4.69, 9.17) is 28.3 Å². The van der Waals surface area contributed by atoms with E-state index in [2.05, 4.69) is 6.58 Å². The van der Waals surface area contributed by atoms with Crippen LogP contribution >= 0.6 is 23.2 Å². The smallest absolute Gasteiger partial charge is 0.323 e. The molecule has 0 aliphatic carbocycles. The van der Waals surface area contributed by atoms with Crippen molar-refractivity contribution in [1.29, 1.82) is 0 Å². The fourth-order valence-corrected chi connectivity index (χ4v) is 1.96. The third-order valence-electron chi connectivity index (χ3n) is 2.14. The summed E-state index contributed by atoms with van der Waals surface area (Å²) in [6, 6.07) is 4.65. The fourth-order valence-electron chi connectivity index (χ4n) is 1.40. The molecule has 4 nitrogen and oxygen atoms in total. The number of carbonyl (C=O) groups is 2. The molecular weight excluding hydrogens is 277 g/mol. The second-order valence-electron chi connectivity index (χ2n) is 3.46. The topological polar surface area (TPSA) is 57.6 Å². The first-order valence-electron chi connectivity index (χ1n) is 5.03. The molecular formula is C12H11Cl2NO3. The Balaban J connectivity index is 3.09. The minimum Gasteiger partial charge on any atom is -0.480 e. The van der Waals surface area contributed by atoms with Crippen molar-refractivity contribution in [3.63, 3.8) is 0 Å². The number of benzene rings is 1. The summed E-state index contributed by atoms with van der Waals surface area (Å²) in [5, 5.41) is 9.12. The lowest BCUT2D eigenvalue weighted by Gasteiger charge is -2.20. The molecule has 0 radical (unpaired) electrons. The van der Waals surface area contributed by atoms with Crippen LogP contribution in [0, 0.1) is 0 Å². The first kappa shape index (κ1) is 14.5. The molecule has 0 aliphatic heterocycles. The normalized spacial score (nSPS) is 9.89. The van der Waals surface area contributed by atoms with E-state index in [1.54, 1.807) is 6.07 Å². The molecule has 0 heterocycles. The Morgan fingerprint density at radius 1 is 1.33 bits per heavy atom. The lowest BCUT2D eigenvalue weighted by atomic mass is 10.2. The van der Waals surface area contributed by atoms with Gasteiger partial charge in [-0.3, -0.25) is 9.59 Å². The highest BCUT2D eigenvalue weighted by Gasteiger charge is 2.22. The summed E-state index contributed by atoms with van der Waals surface area (Å²) in [5.74, 6) is -1.65. The molecule has 1 aromatic carbocycles. The van der Waals surface area contributed by atoms with E-state index in [-0.39, 0.29) is 22.2 Å². The van der Waals surface area contributed by atoms with Crippen molar-refractivity contribution >= 4 is 35.1 Å². The van der Waals surface area contributed by atoms with Crippen LogP contribution in [-0.4, -0.2) is 35.0 Å². The number of amides is 1. The van der Waals surface area contributed by atoms with Gasteiger partial charge in [-0.2, -0.15) is 0 Å². The number of aliphatic carboxylic acids is 1. The molecule has 1 amide bonds. The Morgan fingerprint density at radius 2 is 1.89 bits per heavy atom. The molecule has 0 fully saturated rings. The molecule has 1 aromatic rings. The standard InChI is InChI=1S/C12H11Cl2NO3/c1-2-6-15(7-10(16)17)12(18)11-8(13)4-3-5-9(11)14/h2-5H,1,6-7H2,(H,16,17). The van der Waals surface area contributed by atoms with Gasteiger partial charge in [0.2, 0.25) is 0 Å². The van der Waals surface area contributed by atoms with Crippen molar-refractivity contribution in [2.45, 2.75) is 0 Å². The van der Waals surface area contributed by atoms with E-state index < -0.39 is 18.4 Å². The number of carbonyl (C=O) groups excluding carboxylic acids is 1. The van der Waals surface area contributed by atoms with Gasteiger partial charge in [-0.1, -0.05) is 35.3 Å². The van der Waals surface area contributed by atoms with E-state index in [0.717, 1.165) is 4.90 Å². The van der Waals surface area contributed by atoms with E-state index in [1.807, 2.05) is 0 Å². The highest BCUT2D eigenvalue weighted by molar-refractivity contribution is 6.39. The van der Waals surface area contributed by atoms with Gasteiger partial charge >= 0.3 is 5.97 Å². The maximum Gasteiger partial charge on any atom is 0.323 e. The summed E-state index contributed by atoms with van der Waals surface area (Å²) >= 11 is 11.8. The molecule has 0 spiro atoms. The Labute approximate surface area is 114 Å². The molecule has 0 bridgehead atoms. The molecule has 6 heteroatoms. The lowest BCUT2D eigenvalue weighted by molar-refractivity contribution is -0.137. The maximum absolute atomic E-state index is 12.2. The quantitative estimate of drug-likeness (QED) is 0.847. The zero-order chi connectivity index (χ0) is 13.7. The molecule has 0 aliphatic rings. The van der Waals surface area contributed by atoms with Crippen LogP contribution in [0.2, 0.25) is 10.0 Å². The predicted molar refractivity (Wildman–Crippen MR) is 70.2 cm³/mol. The molecule has 0 aromatic heterocycles. The molecule has 0 saturated carbocycles. The number of carboxylic acids is 1. The average Bonchev–Trinajstić information content (AvgIpc) is 2.27. The van der Waals surface area contributed by atoms with Gasteiger partial charge in [0, 0.05) is 6.54 Å². The SMILES string of the molecule is C=CCN(CC(=O)O)C(=O)c1c(Cl)cccc1Cl. The minimum atomic E-state index is -1.12. The van der Waals surface area contributed by atoms with Gasteiger partial charge in [-0.25, -0.2) is 0 Å². The van der Waals surface area contributed by atoms with Crippen molar-refractivity contribution in [2.75, 3.05) is 13.1 Å². The third kappa shape index (κ3) is 3.48. The van der Waals surface area contributed by atoms with Gasteiger partial charge in [0.15, 0.2) is 0 Å². The van der Waals surface area contributed by atoms with E-state index in [1.165, 1.54) is 18.2 Å². The second-order valence-corrected chi connectivity index (χ2v) is 4.28. The maximum atomic E-state index is 12.2. The van der Waals surface area contributed by atoms with Gasteiger partial charge in [-0.15, -0.1) is 6.58 Å². The van der Waals surface area contributed by atoms with Crippen molar-refractivity contribution in [2.24, 2.45) is 0 Å². The molecule has 0 unspecified atom stereocenters. The van der Waals surface area contributed by atoms with E-state index >= 15 is 0 Å². The molecule has 1 rings (SSSR count). The first-order valence-corrected chi connectivity index (χ1v) is 5.79. The van der Waals surface area contributed by atoms with Crippen LogP contribution in [0.4, 0.5) is 0 Å². The summed E-state index contributed by atoms with van der Waals surface area (Å²) in [4.78, 5) is 24.0. The number of rotatable bonds is 5. The summed E-state index contributed by atoms with van der Waals surface area (Å²) in [7, 11) is 0. The fraction of sp³-hybridized carbons (Fsp3) is 0.167.